The zero-order chi connectivity index (χ0) is 15.2. The number of carbonyl (C=O) groups is 2. The van der Waals surface area contributed by atoms with Crippen LogP contribution in [0.2, 0.25) is 0 Å². The number of rotatable bonds is 5. The van der Waals surface area contributed by atoms with Crippen LogP contribution in [0.4, 0.5) is 0 Å². The van der Waals surface area contributed by atoms with Gasteiger partial charge in [-0.3, -0.25) is 4.79 Å². The Hall–Kier alpha value is -1.58. The zero-order valence-corrected chi connectivity index (χ0v) is 12.6. The summed E-state index contributed by atoms with van der Waals surface area (Å²) in [4.78, 5) is 24.8. The highest BCUT2D eigenvalue weighted by Crippen LogP contribution is 2.34. The SMILES string of the molecule is C=CC(=O)N1CCCC(C)(CCOC(=O)C(=C)C)CC1. The fourth-order valence-corrected chi connectivity index (χ4v) is 2.45. The number of hydrogen-bond donors (Lipinski definition) is 0. The summed E-state index contributed by atoms with van der Waals surface area (Å²) in [6, 6.07) is 0. The van der Waals surface area contributed by atoms with Gasteiger partial charge in [-0.1, -0.05) is 20.1 Å². The van der Waals surface area contributed by atoms with Crippen molar-refractivity contribution in [3.8, 4) is 0 Å². The van der Waals surface area contributed by atoms with Gasteiger partial charge >= 0.3 is 5.97 Å². The summed E-state index contributed by atoms with van der Waals surface area (Å²) in [5.41, 5.74) is 0.546. The van der Waals surface area contributed by atoms with Gasteiger partial charge in [0.15, 0.2) is 0 Å². The molecule has 0 aromatic carbocycles. The average molecular weight is 279 g/mol. The van der Waals surface area contributed by atoms with Crippen molar-refractivity contribution in [3.63, 3.8) is 0 Å². The van der Waals surface area contributed by atoms with Crippen LogP contribution in [-0.4, -0.2) is 36.5 Å². The van der Waals surface area contributed by atoms with E-state index in [1.165, 1.54) is 6.08 Å². The molecule has 4 nitrogen and oxygen atoms in total. The van der Waals surface area contributed by atoms with Crippen LogP contribution in [0.25, 0.3) is 0 Å². The van der Waals surface area contributed by atoms with Gasteiger partial charge in [0.1, 0.15) is 0 Å². The van der Waals surface area contributed by atoms with E-state index in [2.05, 4.69) is 20.1 Å². The maximum absolute atomic E-state index is 11.6. The summed E-state index contributed by atoms with van der Waals surface area (Å²) < 4.78 is 5.17. The lowest BCUT2D eigenvalue weighted by Gasteiger charge is -2.28. The van der Waals surface area contributed by atoms with Gasteiger partial charge in [0.25, 0.3) is 0 Å². The van der Waals surface area contributed by atoms with E-state index >= 15 is 0 Å². The summed E-state index contributed by atoms with van der Waals surface area (Å²) >= 11 is 0. The van der Waals surface area contributed by atoms with Crippen molar-refractivity contribution in [1.29, 1.82) is 0 Å². The fourth-order valence-electron chi connectivity index (χ4n) is 2.45. The number of esters is 1. The van der Waals surface area contributed by atoms with Gasteiger partial charge in [-0.25, -0.2) is 4.79 Å². The molecule has 1 saturated heterocycles. The third kappa shape index (κ3) is 4.83. The Balaban J connectivity index is 2.45. The molecule has 0 bridgehead atoms. The molecule has 0 aromatic heterocycles. The van der Waals surface area contributed by atoms with Crippen LogP contribution in [0, 0.1) is 5.41 Å². The van der Waals surface area contributed by atoms with E-state index in [9.17, 15) is 9.59 Å². The standard InChI is InChI=1S/C16H25NO3/c1-5-14(18)17-10-6-7-16(4,8-11-17)9-12-20-15(19)13(2)3/h5H,1-2,6-12H2,3-4H3. The summed E-state index contributed by atoms with van der Waals surface area (Å²) in [6.45, 7) is 12.9. The Kier molecular flexibility index (Phi) is 5.99. The molecule has 4 heteroatoms. The largest absolute Gasteiger partial charge is 0.462 e. The molecule has 0 aromatic rings. The Bertz CT molecular complexity index is 403. The molecule has 0 spiro atoms. The number of likely N-dealkylation sites (tertiary alicyclic amines) is 1. The second-order valence-electron chi connectivity index (χ2n) is 5.86. The minimum Gasteiger partial charge on any atom is -0.462 e. The topological polar surface area (TPSA) is 46.6 Å². The molecule has 1 aliphatic rings. The second kappa shape index (κ2) is 7.27. The van der Waals surface area contributed by atoms with Crippen molar-refractivity contribution < 1.29 is 14.3 Å². The van der Waals surface area contributed by atoms with Crippen LogP contribution >= 0.6 is 0 Å². The monoisotopic (exact) mass is 279 g/mol. The third-order valence-electron chi connectivity index (χ3n) is 3.97. The Morgan fingerprint density at radius 3 is 2.65 bits per heavy atom. The molecule has 1 aliphatic heterocycles. The molecule has 1 fully saturated rings. The smallest absolute Gasteiger partial charge is 0.333 e. The third-order valence-corrected chi connectivity index (χ3v) is 3.97. The number of amides is 1. The molecule has 1 rings (SSSR count). The van der Waals surface area contributed by atoms with Gasteiger partial charge in [0.2, 0.25) is 5.91 Å². The van der Waals surface area contributed by atoms with E-state index in [0.717, 1.165) is 38.8 Å². The van der Waals surface area contributed by atoms with Crippen molar-refractivity contribution in [2.75, 3.05) is 19.7 Å². The first-order chi connectivity index (χ1) is 9.38. The summed E-state index contributed by atoms with van der Waals surface area (Å²) in [5, 5.41) is 0. The van der Waals surface area contributed by atoms with E-state index in [-0.39, 0.29) is 17.3 Å². The van der Waals surface area contributed by atoms with Crippen LogP contribution in [0.5, 0.6) is 0 Å². The number of ether oxygens (including phenoxy) is 1. The van der Waals surface area contributed by atoms with Crippen molar-refractivity contribution in [3.05, 3.63) is 24.8 Å². The van der Waals surface area contributed by atoms with Crippen LogP contribution in [0.1, 0.15) is 39.5 Å². The minimum absolute atomic E-state index is 0.00274. The molecular weight excluding hydrogens is 254 g/mol. The lowest BCUT2D eigenvalue weighted by molar-refractivity contribution is -0.139. The van der Waals surface area contributed by atoms with Crippen LogP contribution in [-0.2, 0) is 14.3 Å². The number of carbonyl (C=O) groups excluding carboxylic acids is 2. The molecule has 1 amide bonds. The first-order valence-corrected chi connectivity index (χ1v) is 7.12. The second-order valence-corrected chi connectivity index (χ2v) is 5.86. The quantitative estimate of drug-likeness (QED) is 0.574. The van der Waals surface area contributed by atoms with Gasteiger partial charge < -0.3 is 9.64 Å². The molecule has 20 heavy (non-hydrogen) atoms. The Labute approximate surface area is 121 Å². The normalized spacial score (nSPS) is 22.8. The van der Waals surface area contributed by atoms with Crippen molar-refractivity contribution in [2.24, 2.45) is 5.41 Å². The van der Waals surface area contributed by atoms with Crippen LogP contribution in [0.15, 0.2) is 24.8 Å². The lowest BCUT2D eigenvalue weighted by Crippen LogP contribution is -2.31. The summed E-state index contributed by atoms with van der Waals surface area (Å²) in [5.74, 6) is -0.325. The molecule has 1 unspecified atom stereocenters. The van der Waals surface area contributed by atoms with Gasteiger partial charge in [-0.05, 0) is 44.1 Å². The van der Waals surface area contributed by atoms with E-state index < -0.39 is 0 Å². The molecule has 0 radical (unpaired) electrons. The van der Waals surface area contributed by atoms with E-state index in [4.69, 9.17) is 4.74 Å². The van der Waals surface area contributed by atoms with Gasteiger partial charge in [0, 0.05) is 18.7 Å². The first kappa shape index (κ1) is 16.5. The molecule has 1 heterocycles. The zero-order valence-electron chi connectivity index (χ0n) is 12.6. The van der Waals surface area contributed by atoms with Crippen LogP contribution < -0.4 is 0 Å². The summed E-state index contributed by atoms with van der Waals surface area (Å²) in [6.07, 6.45) is 5.14. The molecule has 0 N–H and O–H groups in total. The fraction of sp³-hybridized carbons (Fsp3) is 0.625. The molecule has 0 saturated carbocycles. The van der Waals surface area contributed by atoms with E-state index in [1.807, 2.05) is 4.90 Å². The van der Waals surface area contributed by atoms with Gasteiger partial charge in [0.05, 0.1) is 6.61 Å². The molecule has 1 atom stereocenters. The molecule has 0 aliphatic carbocycles. The number of hydrogen-bond acceptors (Lipinski definition) is 3. The van der Waals surface area contributed by atoms with Gasteiger partial charge in [-0.2, -0.15) is 0 Å². The molecule has 112 valence electrons. The molecular formula is C16H25NO3. The van der Waals surface area contributed by atoms with Gasteiger partial charge in [-0.15, -0.1) is 0 Å². The minimum atomic E-state index is -0.328. The highest BCUT2D eigenvalue weighted by Gasteiger charge is 2.29. The highest BCUT2D eigenvalue weighted by molar-refractivity contribution is 5.87. The maximum atomic E-state index is 11.6. The van der Waals surface area contributed by atoms with Crippen molar-refractivity contribution >= 4 is 11.9 Å². The predicted molar refractivity (Wildman–Crippen MR) is 79.1 cm³/mol. The Morgan fingerprint density at radius 2 is 2.05 bits per heavy atom. The Morgan fingerprint density at radius 1 is 1.35 bits per heavy atom. The van der Waals surface area contributed by atoms with E-state index in [1.54, 1.807) is 6.92 Å². The maximum Gasteiger partial charge on any atom is 0.333 e. The highest BCUT2D eigenvalue weighted by atomic mass is 16.5. The lowest BCUT2D eigenvalue weighted by atomic mass is 9.80. The predicted octanol–water partition coefficient (Wildman–Crippen LogP) is 2.70. The summed E-state index contributed by atoms with van der Waals surface area (Å²) in [7, 11) is 0. The van der Waals surface area contributed by atoms with E-state index in [0.29, 0.717) is 12.2 Å². The average Bonchev–Trinajstić information content (AvgIpc) is 2.60. The van der Waals surface area contributed by atoms with Crippen LogP contribution in [0.3, 0.4) is 0 Å². The van der Waals surface area contributed by atoms with Crippen molar-refractivity contribution in [2.45, 2.75) is 39.5 Å². The number of nitrogens with zero attached hydrogens (tertiary/aromatic N) is 1. The first-order valence-electron chi connectivity index (χ1n) is 7.12. The van der Waals surface area contributed by atoms with Crippen molar-refractivity contribution in [1.82, 2.24) is 4.90 Å².